The van der Waals surface area contributed by atoms with E-state index >= 15 is 0 Å². The number of hydrogen-bond acceptors (Lipinski definition) is 1. The third kappa shape index (κ3) is 2.37. The van der Waals surface area contributed by atoms with Gasteiger partial charge in [-0.2, -0.15) is 0 Å². The lowest BCUT2D eigenvalue weighted by Gasteiger charge is -2.08. The standard InChI is InChI=1S/C9H16ClNO/c1-3-7-4-8(7)11-9(12)6(2)5-10/h6-8H,3-5H2,1-2H3,(H,11,12). The van der Waals surface area contributed by atoms with Gasteiger partial charge in [-0.25, -0.2) is 0 Å². The van der Waals surface area contributed by atoms with E-state index in [0.717, 1.165) is 12.3 Å². The summed E-state index contributed by atoms with van der Waals surface area (Å²) >= 11 is 5.56. The molecule has 1 amide bonds. The number of hydrogen-bond donors (Lipinski definition) is 1. The van der Waals surface area contributed by atoms with Crippen molar-refractivity contribution >= 4 is 17.5 Å². The van der Waals surface area contributed by atoms with Crippen molar-refractivity contribution in [1.29, 1.82) is 0 Å². The van der Waals surface area contributed by atoms with Crippen molar-refractivity contribution < 1.29 is 4.79 Å². The molecule has 1 saturated carbocycles. The van der Waals surface area contributed by atoms with Crippen molar-refractivity contribution in [3.05, 3.63) is 0 Å². The van der Waals surface area contributed by atoms with Crippen LogP contribution in [0, 0.1) is 11.8 Å². The van der Waals surface area contributed by atoms with Gasteiger partial charge in [-0.15, -0.1) is 11.6 Å². The largest absolute Gasteiger partial charge is 0.353 e. The smallest absolute Gasteiger partial charge is 0.224 e. The van der Waals surface area contributed by atoms with E-state index in [1.54, 1.807) is 0 Å². The van der Waals surface area contributed by atoms with E-state index in [4.69, 9.17) is 11.6 Å². The molecule has 12 heavy (non-hydrogen) atoms. The summed E-state index contributed by atoms with van der Waals surface area (Å²) in [6, 6.07) is 0.438. The third-order valence-electron chi connectivity index (χ3n) is 2.45. The maximum absolute atomic E-state index is 11.3. The van der Waals surface area contributed by atoms with Crippen molar-refractivity contribution in [1.82, 2.24) is 5.32 Å². The van der Waals surface area contributed by atoms with Crippen LogP contribution in [0.3, 0.4) is 0 Å². The van der Waals surface area contributed by atoms with Crippen LogP contribution in [-0.4, -0.2) is 17.8 Å². The van der Waals surface area contributed by atoms with E-state index in [2.05, 4.69) is 12.2 Å². The zero-order valence-electron chi connectivity index (χ0n) is 7.64. The van der Waals surface area contributed by atoms with Crippen LogP contribution in [0.15, 0.2) is 0 Å². The molecule has 3 heteroatoms. The number of amides is 1. The number of nitrogens with one attached hydrogen (secondary N) is 1. The van der Waals surface area contributed by atoms with Crippen molar-refractivity contribution in [2.45, 2.75) is 32.7 Å². The molecule has 0 radical (unpaired) electrons. The molecule has 0 aromatic carbocycles. The minimum atomic E-state index is -0.0511. The summed E-state index contributed by atoms with van der Waals surface area (Å²) < 4.78 is 0. The van der Waals surface area contributed by atoms with Crippen LogP contribution in [0.1, 0.15) is 26.7 Å². The lowest BCUT2D eigenvalue weighted by molar-refractivity contribution is -0.124. The summed E-state index contributed by atoms with van der Waals surface area (Å²) in [6.07, 6.45) is 2.32. The van der Waals surface area contributed by atoms with Gasteiger partial charge in [0.05, 0.1) is 0 Å². The Labute approximate surface area is 78.7 Å². The molecule has 2 nitrogen and oxygen atoms in total. The molecule has 1 N–H and O–H groups in total. The zero-order chi connectivity index (χ0) is 9.14. The molecular formula is C9H16ClNO. The topological polar surface area (TPSA) is 29.1 Å². The van der Waals surface area contributed by atoms with Gasteiger partial charge in [0.15, 0.2) is 0 Å². The van der Waals surface area contributed by atoms with Crippen LogP contribution in [0.25, 0.3) is 0 Å². The maximum Gasteiger partial charge on any atom is 0.224 e. The zero-order valence-corrected chi connectivity index (χ0v) is 8.40. The van der Waals surface area contributed by atoms with Crippen molar-refractivity contribution in [2.75, 3.05) is 5.88 Å². The number of rotatable bonds is 4. The van der Waals surface area contributed by atoms with Gasteiger partial charge in [0.25, 0.3) is 0 Å². The molecule has 0 spiro atoms. The SMILES string of the molecule is CCC1CC1NC(=O)C(C)CCl. The molecule has 3 unspecified atom stereocenters. The highest BCUT2D eigenvalue weighted by Crippen LogP contribution is 2.33. The fraction of sp³-hybridized carbons (Fsp3) is 0.889. The highest BCUT2D eigenvalue weighted by molar-refractivity contribution is 6.19. The second-order valence-electron chi connectivity index (χ2n) is 3.57. The molecule has 1 aliphatic carbocycles. The normalized spacial score (nSPS) is 29.6. The number of carbonyl (C=O) groups is 1. The maximum atomic E-state index is 11.3. The highest BCUT2D eigenvalue weighted by Gasteiger charge is 2.36. The third-order valence-corrected chi connectivity index (χ3v) is 2.92. The van der Waals surface area contributed by atoms with Crippen LogP contribution < -0.4 is 5.32 Å². The molecule has 70 valence electrons. The molecule has 1 fully saturated rings. The van der Waals surface area contributed by atoms with E-state index in [9.17, 15) is 4.79 Å². The molecule has 0 aliphatic heterocycles. The van der Waals surface area contributed by atoms with Crippen LogP contribution in [0.2, 0.25) is 0 Å². The molecule has 3 atom stereocenters. The van der Waals surface area contributed by atoms with Crippen LogP contribution >= 0.6 is 11.6 Å². The highest BCUT2D eigenvalue weighted by atomic mass is 35.5. The quantitative estimate of drug-likeness (QED) is 0.672. The molecule has 1 rings (SSSR count). The molecule has 0 aromatic heterocycles. The van der Waals surface area contributed by atoms with Crippen LogP contribution in [0.4, 0.5) is 0 Å². The second kappa shape index (κ2) is 4.13. The first-order chi connectivity index (χ1) is 5.69. The minimum absolute atomic E-state index is 0.0511. The Kier molecular flexibility index (Phi) is 3.39. The van der Waals surface area contributed by atoms with Gasteiger partial charge in [-0.05, 0) is 12.3 Å². The average molecular weight is 190 g/mol. The predicted octanol–water partition coefficient (Wildman–Crippen LogP) is 1.78. The van der Waals surface area contributed by atoms with E-state index in [-0.39, 0.29) is 11.8 Å². The Morgan fingerprint density at radius 3 is 2.83 bits per heavy atom. The van der Waals surface area contributed by atoms with Gasteiger partial charge in [0.1, 0.15) is 0 Å². The first-order valence-electron chi connectivity index (χ1n) is 4.55. The molecule has 1 aliphatic rings. The lowest BCUT2D eigenvalue weighted by atomic mass is 10.2. The Morgan fingerprint density at radius 2 is 2.42 bits per heavy atom. The molecule has 0 saturated heterocycles. The minimum Gasteiger partial charge on any atom is -0.353 e. The summed E-state index contributed by atoms with van der Waals surface area (Å²) in [5.74, 6) is 1.18. The van der Waals surface area contributed by atoms with Gasteiger partial charge in [-0.3, -0.25) is 4.79 Å². The fourth-order valence-electron chi connectivity index (χ4n) is 1.27. The Morgan fingerprint density at radius 1 is 1.75 bits per heavy atom. The summed E-state index contributed by atoms with van der Waals surface area (Å²) in [7, 11) is 0. The van der Waals surface area contributed by atoms with Crippen molar-refractivity contribution in [3.63, 3.8) is 0 Å². The Bertz CT molecular complexity index is 172. The van der Waals surface area contributed by atoms with Gasteiger partial charge in [0, 0.05) is 17.8 Å². The van der Waals surface area contributed by atoms with Crippen LogP contribution in [-0.2, 0) is 4.79 Å². The summed E-state index contributed by atoms with van der Waals surface area (Å²) in [4.78, 5) is 11.3. The van der Waals surface area contributed by atoms with Crippen LogP contribution in [0.5, 0.6) is 0 Å². The van der Waals surface area contributed by atoms with Gasteiger partial charge in [0.2, 0.25) is 5.91 Å². The van der Waals surface area contributed by atoms with Crippen molar-refractivity contribution in [2.24, 2.45) is 11.8 Å². The molecule has 0 bridgehead atoms. The fourth-order valence-corrected chi connectivity index (χ4v) is 1.41. The Hall–Kier alpha value is -0.240. The van der Waals surface area contributed by atoms with Gasteiger partial charge in [-0.1, -0.05) is 20.3 Å². The van der Waals surface area contributed by atoms with E-state index in [0.29, 0.717) is 11.9 Å². The van der Waals surface area contributed by atoms with Crippen molar-refractivity contribution in [3.8, 4) is 0 Å². The summed E-state index contributed by atoms with van der Waals surface area (Å²) in [6.45, 7) is 4.01. The monoisotopic (exact) mass is 189 g/mol. The number of carbonyl (C=O) groups excluding carboxylic acids is 1. The van der Waals surface area contributed by atoms with Gasteiger partial charge < -0.3 is 5.32 Å². The molecule has 0 aromatic rings. The first kappa shape index (κ1) is 9.85. The predicted molar refractivity (Wildman–Crippen MR) is 50.2 cm³/mol. The Balaban J connectivity index is 2.20. The molecular weight excluding hydrogens is 174 g/mol. The summed E-state index contributed by atoms with van der Waals surface area (Å²) in [5.41, 5.74) is 0. The van der Waals surface area contributed by atoms with Gasteiger partial charge >= 0.3 is 0 Å². The average Bonchev–Trinajstić information content (AvgIpc) is 2.81. The second-order valence-corrected chi connectivity index (χ2v) is 3.88. The summed E-state index contributed by atoms with van der Waals surface area (Å²) in [5, 5.41) is 2.98. The number of halogens is 1. The lowest BCUT2D eigenvalue weighted by Crippen LogP contribution is -2.32. The molecule has 0 heterocycles. The number of alkyl halides is 1. The first-order valence-corrected chi connectivity index (χ1v) is 5.08. The van der Waals surface area contributed by atoms with E-state index < -0.39 is 0 Å². The van der Waals surface area contributed by atoms with E-state index in [1.807, 2.05) is 6.92 Å². The van der Waals surface area contributed by atoms with E-state index in [1.165, 1.54) is 6.42 Å².